The van der Waals surface area contributed by atoms with E-state index in [1.807, 2.05) is 4.90 Å². The highest BCUT2D eigenvalue weighted by Crippen LogP contribution is 2.34. The van der Waals surface area contributed by atoms with Crippen LogP contribution in [0, 0.1) is 0 Å². The standard InChI is InChI=1S/C14H17F3N2O2.2ClH/c1-2-12(19-7-5-18-6-8-19)11-9-10(3-4-13(11)20)21-14(15,16)17;;/h2-4,9,12,18,20H,1,5-8H2;2*1H/t12-;;/m1../s1. The molecule has 9 heteroatoms. The summed E-state index contributed by atoms with van der Waals surface area (Å²) in [6.07, 6.45) is -3.15. The number of nitrogens with one attached hydrogen (secondary N) is 1. The van der Waals surface area contributed by atoms with Crippen molar-refractivity contribution in [2.24, 2.45) is 0 Å². The molecular formula is C14H19Cl2F3N2O2. The van der Waals surface area contributed by atoms with Crippen LogP contribution in [0.25, 0.3) is 0 Å². The van der Waals surface area contributed by atoms with E-state index in [1.54, 1.807) is 6.08 Å². The van der Waals surface area contributed by atoms with Crippen LogP contribution in [-0.2, 0) is 0 Å². The lowest BCUT2D eigenvalue weighted by molar-refractivity contribution is -0.274. The largest absolute Gasteiger partial charge is 0.573 e. The van der Waals surface area contributed by atoms with Crippen molar-refractivity contribution in [2.45, 2.75) is 12.4 Å². The van der Waals surface area contributed by atoms with Gasteiger partial charge in [0.25, 0.3) is 0 Å². The van der Waals surface area contributed by atoms with Crippen molar-refractivity contribution in [3.8, 4) is 11.5 Å². The number of alkyl halides is 3. The first-order valence-electron chi connectivity index (χ1n) is 6.56. The van der Waals surface area contributed by atoms with Gasteiger partial charge < -0.3 is 15.2 Å². The van der Waals surface area contributed by atoms with Crippen molar-refractivity contribution >= 4 is 24.8 Å². The SMILES string of the molecule is C=C[C@H](c1cc(OC(F)(F)F)ccc1O)N1CCNCC1.Cl.Cl. The molecule has 0 aromatic heterocycles. The minimum absolute atomic E-state index is 0. The molecule has 1 heterocycles. The molecule has 1 aliphatic heterocycles. The number of nitrogens with zero attached hydrogens (tertiary/aromatic N) is 1. The van der Waals surface area contributed by atoms with Crippen LogP contribution in [0.15, 0.2) is 30.9 Å². The highest BCUT2D eigenvalue weighted by Gasteiger charge is 2.32. The summed E-state index contributed by atoms with van der Waals surface area (Å²) in [5.74, 6) is -0.426. The van der Waals surface area contributed by atoms with Crippen LogP contribution in [0.1, 0.15) is 11.6 Å². The third-order valence-electron chi connectivity index (χ3n) is 3.32. The lowest BCUT2D eigenvalue weighted by Gasteiger charge is -2.33. The summed E-state index contributed by atoms with van der Waals surface area (Å²) in [6, 6.07) is 3.14. The topological polar surface area (TPSA) is 44.7 Å². The first-order valence-corrected chi connectivity index (χ1v) is 6.56. The van der Waals surface area contributed by atoms with E-state index < -0.39 is 6.36 Å². The lowest BCUT2D eigenvalue weighted by Crippen LogP contribution is -2.44. The molecule has 0 bridgehead atoms. The van der Waals surface area contributed by atoms with Crippen LogP contribution >= 0.6 is 24.8 Å². The first-order chi connectivity index (χ1) is 9.90. The zero-order chi connectivity index (χ0) is 15.5. The van der Waals surface area contributed by atoms with Crippen LogP contribution < -0.4 is 10.1 Å². The number of rotatable bonds is 4. The average Bonchev–Trinajstić information content (AvgIpc) is 2.43. The number of benzene rings is 1. The van der Waals surface area contributed by atoms with Crippen LogP contribution in [0.5, 0.6) is 11.5 Å². The molecule has 1 aromatic carbocycles. The molecule has 0 unspecified atom stereocenters. The molecule has 1 saturated heterocycles. The molecule has 0 radical (unpaired) electrons. The van der Waals surface area contributed by atoms with Crippen molar-refractivity contribution in [1.82, 2.24) is 10.2 Å². The number of phenols is 1. The van der Waals surface area contributed by atoms with E-state index in [1.165, 1.54) is 12.1 Å². The monoisotopic (exact) mass is 374 g/mol. The molecule has 1 aliphatic rings. The maximum Gasteiger partial charge on any atom is 0.573 e. The zero-order valence-corrected chi connectivity index (χ0v) is 13.8. The third kappa shape index (κ3) is 6.10. The van der Waals surface area contributed by atoms with Gasteiger partial charge in [-0.1, -0.05) is 6.08 Å². The zero-order valence-electron chi connectivity index (χ0n) is 12.2. The van der Waals surface area contributed by atoms with Gasteiger partial charge in [0.05, 0.1) is 6.04 Å². The molecule has 2 N–H and O–H groups in total. The molecule has 0 amide bonds. The van der Waals surface area contributed by atoms with Gasteiger partial charge in [-0.2, -0.15) is 0 Å². The second-order valence-corrected chi connectivity index (χ2v) is 4.73. The molecule has 132 valence electrons. The summed E-state index contributed by atoms with van der Waals surface area (Å²) in [7, 11) is 0. The van der Waals surface area contributed by atoms with Gasteiger partial charge in [0.2, 0.25) is 0 Å². The fraction of sp³-hybridized carbons (Fsp3) is 0.429. The number of aromatic hydroxyl groups is 1. The van der Waals surface area contributed by atoms with Gasteiger partial charge in [-0.05, 0) is 18.2 Å². The molecule has 1 fully saturated rings. The van der Waals surface area contributed by atoms with Crippen molar-refractivity contribution in [3.63, 3.8) is 0 Å². The summed E-state index contributed by atoms with van der Waals surface area (Å²) in [5, 5.41) is 13.1. The van der Waals surface area contributed by atoms with Gasteiger partial charge in [-0.15, -0.1) is 44.6 Å². The van der Waals surface area contributed by atoms with Crippen molar-refractivity contribution in [1.29, 1.82) is 0 Å². The van der Waals surface area contributed by atoms with Gasteiger partial charge in [-0.3, -0.25) is 4.90 Å². The van der Waals surface area contributed by atoms with Gasteiger partial charge in [0.15, 0.2) is 0 Å². The van der Waals surface area contributed by atoms with Crippen LogP contribution in [-0.4, -0.2) is 42.5 Å². The van der Waals surface area contributed by atoms with Gasteiger partial charge in [0.1, 0.15) is 11.5 Å². The number of halogens is 5. The Morgan fingerprint density at radius 3 is 2.39 bits per heavy atom. The molecular weight excluding hydrogens is 356 g/mol. The van der Waals surface area contributed by atoms with Crippen LogP contribution in [0.3, 0.4) is 0 Å². The summed E-state index contributed by atoms with van der Waals surface area (Å²) >= 11 is 0. The van der Waals surface area contributed by atoms with E-state index in [4.69, 9.17) is 0 Å². The van der Waals surface area contributed by atoms with E-state index >= 15 is 0 Å². The number of hydrogen-bond donors (Lipinski definition) is 2. The quantitative estimate of drug-likeness (QED) is 0.793. The Hall–Kier alpha value is -1.15. The summed E-state index contributed by atoms with van der Waals surface area (Å²) in [5.41, 5.74) is 0.355. The Morgan fingerprint density at radius 2 is 1.87 bits per heavy atom. The van der Waals surface area contributed by atoms with Gasteiger partial charge >= 0.3 is 6.36 Å². The van der Waals surface area contributed by atoms with Crippen LogP contribution in [0.2, 0.25) is 0 Å². The average molecular weight is 375 g/mol. The van der Waals surface area contributed by atoms with Gasteiger partial charge in [0, 0.05) is 31.7 Å². The van der Waals surface area contributed by atoms with Crippen LogP contribution in [0.4, 0.5) is 13.2 Å². The Kier molecular flexibility index (Phi) is 8.76. The Bertz CT molecular complexity index is 509. The molecule has 4 nitrogen and oxygen atoms in total. The fourth-order valence-electron chi connectivity index (χ4n) is 2.40. The Balaban J connectivity index is 0.00000242. The highest BCUT2D eigenvalue weighted by atomic mass is 35.5. The number of ether oxygens (including phenoxy) is 1. The predicted molar refractivity (Wildman–Crippen MR) is 86.7 cm³/mol. The van der Waals surface area contributed by atoms with E-state index in [0.717, 1.165) is 32.2 Å². The first kappa shape index (κ1) is 21.9. The summed E-state index contributed by atoms with van der Waals surface area (Å²) < 4.78 is 40.8. The maximum absolute atomic E-state index is 12.3. The van der Waals surface area contributed by atoms with E-state index in [2.05, 4.69) is 16.6 Å². The predicted octanol–water partition coefficient (Wildman–Crippen LogP) is 3.27. The molecule has 1 aromatic rings. The maximum atomic E-state index is 12.3. The van der Waals surface area contributed by atoms with Gasteiger partial charge in [-0.25, -0.2) is 0 Å². The van der Waals surface area contributed by atoms with E-state index in [-0.39, 0.29) is 42.4 Å². The molecule has 2 rings (SSSR count). The Labute approximate surface area is 145 Å². The second kappa shape index (κ2) is 9.22. The smallest absolute Gasteiger partial charge is 0.508 e. The number of hydrogen-bond acceptors (Lipinski definition) is 4. The highest BCUT2D eigenvalue weighted by molar-refractivity contribution is 5.85. The summed E-state index contributed by atoms with van der Waals surface area (Å²) in [4.78, 5) is 2.04. The molecule has 1 atom stereocenters. The minimum Gasteiger partial charge on any atom is -0.508 e. The van der Waals surface area contributed by atoms with Crippen molar-refractivity contribution in [2.75, 3.05) is 26.2 Å². The lowest BCUT2D eigenvalue weighted by atomic mass is 10.0. The molecule has 0 aliphatic carbocycles. The molecule has 0 saturated carbocycles. The normalized spacial score (nSPS) is 16.7. The number of phenolic OH excluding ortho intramolecular Hbond substituents is 1. The second-order valence-electron chi connectivity index (χ2n) is 4.73. The minimum atomic E-state index is -4.76. The van der Waals surface area contributed by atoms with E-state index in [0.29, 0.717) is 5.56 Å². The fourth-order valence-corrected chi connectivity index (χ4v) is 2.40. The van der Waals surface area contributed by atoms with E-state index in [9.17, 15) is 18.3 Å². The number of piperazine rings is 1. The molecule has 23 heavy (non-hydrogen) atoms. The third-order valence-corrected chi connectivity index (χ3v) is 3.32. The van der Waals surface area contributed by atoms with Crippen molar-refractivity contribution < 1.29 is 23.0 Å². The summed E-state index contributed by atoms with van der Waals surface area (Å²) in [6.45, 7) is 6.73. The Morgan fingerprint density at radius 1 is 1.26 bits per heavy atom. The van der Waals surface area contributed by atoms with Crippen molar-refractivity contribution in [3.05, 3.63) is 36.4 Å². The molecule has 0 spiro atoms.